The summed E-state index contributed by atoms with van der Waals surface area (Å²) >= 11 is 5.88. The predicted molar refractivity (Wildman–Crippen MR) is 84.1 cm³/mol. The number of pyridine rings is 1. The van der Waals surface area contributed by atoms with Crippen LogP contribution in [0.25, 0.3) is 10.9 Å². The van der Waals surface area contributed by atoms with Crippen LogP contribution in [0.3, 0.4) is 0 Å². The van der Waals surface area contributed by atoms with E-state index in [1.54, 1.807) is 0 Å². The van der Waals surface area contributed by atoms with E-state index in [-0.39, 0.29) is 0 Å². The zero-order chi connectivity index (χ0) is 13.8. The molecule has 102 valence electrons. The van der Waals surface area contributed by atoms with Crippen LogP contribution in [0.4, 0.5) is 5.82 Å². The van der Waals surface area contributed by atoms with Crippen molar-refractivity contribution in [2.24, 2.45) is 5.92 Å². The van der Waals surface area contributed by atoms with E-state index < -0.39 is 0 Å². The lowest BCUT2D eigenvalue weighted by Crippen LogP contribution is -2.27. The Hall–Kier alpha value is -1.28. The molecule has 2 nitrogen and oxygen atoms in total. The number of nitrogens with zero attached hydrogens (tertiary/aromatic N) is 1. The van der Waals surface area contributed by atoms with Crippen LogP contribution in [0.5, 0.6) is 0 Å². The molecular formula is C16H21ClN2. The maximum absolute atomic E-state index is 5.88. The molecule has 0 fully saturated rings. The molecule has 0 aliphatic heterocycles. The van der Waals surface area contributed by atoms with Gasteiger partial charge >= 0.3 is 0 Å². The van der Waals surface area contributed by atoms with Crippen molar-refractivity contribution in [2.75, 3.05) is 11.2 Å². The van der Waals surface area contributed by atoms with E-state index in [4.69, 9.17) is 16.6 Å². The third-order valence-electron chi connectivity index (χ3n) is 3.46. The van der Waals surface area contributed by atoms with Gasteiger partial charge in [0.25, 0.3) is 0 Å². The molecule has 0 radical (unpaired) electrons. The Morgan fingerprint density at radius 2 is 2.00 bits per heavy atom. The number of hydrogen-bond acceptors (Lipinski definition) is 2. The highest BCUT2D eigenvalue weighted by atomic mass is 35.5. The molecule has 1 aromatic heterocycles. The smallest absolute Gasteiger partial charge is 0.129 e. The van der Waals surface area contributed by atoms with Crippen molar-refractivity contribution >= 4 is 28.3 Å². The van der Waals surface area contributed by atoms with Crippen LogP contribution < -0.4 is 5.32 Å². The van der Waals surface area contributed by atoms with E-state index in [9.17, 15) is 0 Å². The number of aromatic nitrogens is 1. The van der Waals surface area contributed by atoms with Gasteiger partial charge in [-0.15, -0.1) is 11.6 Å². The minimum absolute atomic E-state index is 0.366. The largest absolute Gasteiger partial charge is 0.367 e. The van der Waals surface area contributed by atoms with Gasteiger partial charge < -0.3 is 5.32 Å². The standard InChI is InChI=1S/C16H21ClN2/c1-11(2)14(8-9-17)18-16-12(3)10-13-6-4-5-7-15(13)19-16/h4-7,10-11,14H,8-9H2,1-3H3,(H,18,19). The molecule has 1 N–H and O–H groups in total. The van der Waals surface area contributed by atoms with Crippen molar-refractivity contribution in [1.29, 1.82) is 0 Å². The van der Waals surface area contributed by atoms with Crippen molar-refractivity contribution < 1.29 is 0 Å². The third-order valence-corrected chi connectivity index (χ3v) is 3.68. The van der Waals surface area contributed by atoms with E-state index in [0.29, 0.717) is 17.8 Å². The maximum Gasteiger partial charge on any atom is 0.129 e. The highest BCUT2D eigenvalue weighted by molar-refractivity contribution is 6.17. The van der Waals surface area contributed by atoms with Crippen molar-refractivity contribution in [1.82, 2.24) is 4.98 Å². The van der Waals surface area contributed by atoms with Crippen LogP contribution >= 0.6 is 11.6 Å². The van der Waals surface area contributed by atoms with Gasteiger partial charge in [-0.3, -0.25) is 0 Å². The van der Waals surface area contributed by atoms with Crippen LogP contribution in [-0.4, -0.2) is 16.9 Å². The number of para-hydroxylation sites is 1. The number of hydrogen-bond donors (Lipinski definition) is 1. The predicted octanol–water partition coefficient (Wildman–Crippen LogP) is 4.61. The van der Waals surface area contributed by atoms with Gasteiger partial charge in [0.15, 0.2) is 0 Å². The van der Waals surface area contributed by atoms with E-state index in [1.165, 1.54) is 10.9 Å². The summed E-state index contributed by atoms with van der Waals surface area (Å²) in [4.78, 5) is 4.73. The molecular weight excluding hydrogens is 256 g/mol. The molecule has 19 heavy (non-hydrogen) atoms. The molecule has 2 rings (SSSR count). The second-order valence-electron chi connectivity index (χ2n) is 5.32. The van der Waals surface area contributed by atoms with Crippen molar-refractivity contribution in [3.8, 4) is 0 Å². The molecule has 2 aromatic rings. The Bertz CT molecular complexity index is 551. The maximum atomic E-state index is 5.88. The van der Waals surface area contributed by atoms with Gasteiger partial charge in [-0.2, -0.15) is 0 Å². The Labute approximate surface area is 120 Å². The number of halogens is 1. The van der Waals surface area contributed by atoms with Crippen LogP contribution in [-0.2, 0) is 0 Å². The molecule has 1 heterocycles. The second kappa shape index (κ2) is 6.25. The fraction of sp³-hybridized carbons (Fsp3) is 0.438. The highest BCUT2D eigenvalue weighted by Gasteiger charge is 2.14. The second-order valence-corrected chi connectivity index (χ2v) is 5.70. The fourth-order valence-corrected chi connectivity index (χ4v) is 2.47. The lowest BCUT2D eigenvalue weighted by Gasteiger charge is -2.23. The average molecular weight is 277 g/mol. The summed E-state index contributed by atoms with van der Waals surface area (Å²) in [5.74, 6) is 2.18. The third kappa shape index (κ3) is 3.38. The molecule has 1 aromatic carbocycles. The summed E-state index contributed by atoms with van der Waals surface area (Å²) in [7, 11) is 0. The highest BCUT2D eigenvalue weighted by Crippen LogP contribution is 2.22. The Kier molecular flexibility index (Phi) is 4.65. The number of aryl methyl sites for hydroxylation is 1. The van der Waals surface area contributed by atoms with Crippen LogP contribution in [0.1, 0.15) is 25.8 Å². The van der Waals surface area contributed by atoms with Gasteiger partial charge in [-0.1, -0.05) is 32.0 Å². The summed E-state index contributed by atoms with van der Waals surface area (Å²) in [5.41, 5.74) is 2.21. The number of benzene rings is 1. The molecule has 0 spiro atoms. The first-order chi connectivity index (χ1) is 9.11. The number of rotatable bonds is 5. The minimum Gasteiger partial charge on any atom is -0.367 e. The topological polar surface area (TPSA) is 24.9 Å². The molecule has 1 unspecified atom stereocenters. The lowest BCUT2D eigenvalue weighted by molar-refractivity contribution is 0.511. The first-order valence-electron chi connectivity index (χ1n) is 6.80. The first kappa shape index (κ1) is 14.1. The Morgan fingerprint density at radius 3 is 2.68 bits per heavy atom. The van der Waals surface area contributed by atoms with Crippen LogP contribution in [0.15, 0.2) is 30.3 Å². The van der Waals surface area contributed by atoms with Crippen molar-refractivity contribution in [2.45, 2.75) is 33.2 Å². The summed E-state index contributed by atoms with van der Waals surface area (Å²) in [5, 5.41) is 4.73. The Morgan fingerprint density at radius 1 is 1.26 bits per heavy atom. The number of alkyl halides is 1. The number of anilines is 1. The quantitative estimate of drug-likeness (QED) is 0.807. The van der Waals surface area contributed by atoms with Crippen LogP contribution in [0, 0.1) is 12.8 Å². The minimum atomic E-state index is 0.366. The van der Waals surface area contributed by atoms with E-state index in [1.807, 2.05) is 18.2 Å². The van der Waals surface area contributed by atoms with Gasteiger partial charge in [0.1, 0.15) is 5.82 Å². The van der Waals surface area contributed by atoms with Crippen molar-refractivity contribution in [3.63, 3.8) is 0 Å². The normalized spacial score (nSPS) is 12.9. The molecule has 0 saturated carbocycles. The van der Waals surface area contributed by atoms with E-state index in [0.717, 1.165) is 17.8 Å². The zero-order valence-corrected chi connectivity index (χ0v) is 12.5. The van der Waals surface area contributed by atoms with Gasteiger partial charge in [0, 0.05) is 17.3 Å². The van der Waals surface area contributed by atoms with Gasteiger partial charge in [-0.25, -0.2) is 4.98 Å². The van der Waals surface area contributed by atoms with E-state index >= 15 is 0 Å². The molecule has 0 saturated heterocycles. The van der Waals surface area contributed by atoms with Crippen molar-refractivity contribution in [3.05, 3.63) is 35.9 Å². The zero-order valence-electron chi connectivity index (χ0n) is 11.8. The first-order valence-corrected chi connectivity index (χ1v) is 7.34. The molecule has 3 heteroatoms. The van der Waals surface area contributed by atoms with Gasteiger partial charge in [0.2, 0.25) is 0 Å². The molecule has 0 aliphatic rings. The lowest BCUT2D eigenvalue weighted by atomic mass is 10.0. The molecule has 0 aliphatic carbocycles. The average Bonchev–Trinajstić information content (AvgIpc) is 2.38. The number of nitrogens with one attached hydrogen (secondary N) is 1. The monoisotopic (exact) mass is 276 g/mol. The summed E-state index contributed by atoms with van der Waals surface area (Å²) in [6.45, 7) is 6.51. The Balaban J connectivity index is 2.31. The van der Waals surface area contributed by atoms with E-state index in [2.05, 4.69) is 38.2 Å². The number of fused-ring (bicyclic) bond motifs is 1. The summed E-state index contributed by atoms with van der Waals surface area (Å²) in [6, 6.07) is 10.8. The fourth-order valence-electron chi connectivity index (χ4n) is 2.23. The molecule has 0 bridgehead atoms. The van der Waals surface area contributed by atoms with Gasteiger partial charge in [0.05, 0.1) is 5.52 Å². The SMILES string of the molecule is Cc1cc2ccccc2nc1NC(CCCl)C(C)C. The molecule has 1 atom stereocenters. The summed E-state index contributed by atoms with van der Waals surface area (Å²) in [6.07, 6.45) is 0.952. The molecule has 0 amide bonds. The van der Waals surface area contributed by atoms with Gasteiger partial charge in [-0.05, 0) is 37.0 Å². The summed E-state index contributed by atoms with van der Waals surface area (Å²) < 4.78 is 0. The van der Waals surface area contributed by atoms with Crippen LogP contribution in [0.2, 0.25) is 0 Å².